The Kier molecular flexibility index (Phi) is 6.19. The molecule has 1 heterocycles. The molecule has 0 radical (unpaired) electrons. The van der Waals surface area contributed by atoms with Gasteiger partial charge < -0.3 is 19.7 Å². The minimum absolute atomic E-state index is 0.0152. The molecule has 0 spiro atoms. The van der Waals surface area contributed by atoms with Gasteiger partial charge >= 0.3 is 6.03 Å². The molecular formula is C16H24N2O3. The van der Waals surface area contributed by atoms with Crippen molar-refractivity contribution >= 4 is 6.03 Å². The number of urea groups is 1. The summed E-state index contributed by atoms with van der Waals surface area (Å²) in [4.78, 5) is 13.8. The minimum Gasteiger partial charge on any atom is -0.494 e. The average molecular weight is 292 g/mol. The van der Waals surface area contributed by atoms with Crippen molar-refractivity contribution in [3.8, 4) is 11.5 Å². The normalized spacial score (nSPS) is 14.6. The first-order valence-electron chi connectivity index (χ1n) is 7.68. The summed E-state index contributed by atoms with van der Waals surface area (Å²) in [6, 6.07) is 7.55. The third-order valence-electron chi connectivity index (χ3n) is 3.41. The molecule has 1 aliphatic rings. The number of hydrogen-bond donors (Lipinski definition) is 1. The fourth-order valence-electron chi connectivity index (χ4n) is 2.36. The Balaban J connectivity index is 1.67. The molecular weight excluding hydrogens is 268 g/mol. The highest BCUT2D eigenvalue weighted by atomic mass is 16.5. The number of piperidine rings is 1. The summed E-state index contributed by atoms with van der Waals surface area (Å²) in [7, 11) is 0. The second-order valence-corrected chi connectivity index (χ2v) is 5.04. The predicted octanol–water partition coefficient (Wildman–Crippen LogP) is 2.66. The SMILES string of the molecule is CCOc1cccc(OCCNC(=O)N2CCCCC2)c1. The Morgan fingerprint density at radius 3 is 2.62 bits per heavy atom. The van der Waals surface area contributed by atoms with Crippen molar-refractivity contribution in [2.45, 2.75) is 26.2 Å². The monoisotopic (exact) mass is 292 g/mol. The third kappa shape index (κ3) is 5.17. The van der Waals surface area contributed by atoms with E-state index in [4.69, 9.17) is 9.47 Å². The molecule has 0 atom stereocenters. The van der Waals surface area contributed by atoms with Crippen LogP contribution in [0, 0.1) is 0 Å². The van der Waals surface area contributed by atoms with E-state index in [-0.39, 0.29) is 6.03 Å². The van der Waals surface area contributed by atoms with Crippen LogP contribution in [0.3, 0.4) is 0 Å². The standard InChI is InChI=1S/C16H24N2O3/c1-2-20-14-7-6-8-15(13-14)21-12-9-17-16(19)18-10-4-3-5-11-18/h6-8,13H,2-5,9-12H2,1H3,(H,17,19). The molecule has 0 bridgehead atoms. The number of likely N-dealkylation sites (tertiary alicyclic amines) is 1. The lowest BCUT2D eigenvalue weighted by Crippen LogP contribution is -2.43. The minimum atomic E-state index is 0.0152. The zero-order valence-corrected chi connectivity index (χ0v) is 12.6. The highest BCUT2D eigenvalue weighted by Crippen LogP contribution is 2.19. The van der Waals surface area contributed by atoms with E-state index >= 15 is 0 Å². The Bertz CT molecular complexity index is 445. The summed E-state index contributed by atoms with van der Waals surface area (Å²) in [6.45, 7) is 5.27. The number of hydrogen-bond acceptors (Lipinski definition) is 3. The molecule has 1 aromatic rings. The number of nitrogens with one attached hydrogen (secondary N) is 1. The Hall–Kier alpha value is -1.91. The molecule has 0 unspecified atom stereocenters. The van der Waals surface area contributed by atoms with Gasteiger partial charge in [-0.05, 0) is 38.3 Å². The number of nitrogens with zero attached hydrogens (tertiary/aromatic N) is 1. The van der Waals surface area contributed by atoms with Crippen LogP contribution in [-0.4, -0.2) is 43.8 Å². The number of benzene rings is 1. The summed E-state index contributed by atoms with van der Waals surface area (Å²) < 4.78 is 11.0. The van der Waals surface area contributed by atoms with Crippen LogP contribution in [0.25, 0.3) is 0 Å². The van der Waals surface area contributed by atoms with Crippen LogP contribution in [0.15, 0.2) is 24.3 Å². The van der Waals surface area contributed by atoms with Crippen molar-refractivity contribution < 1.29 is 14.3 Å². The largest absolute Gasteiger partial charge is 0.494 e. The summed E-state index contributed by atoms with van der Waals surface area (Å²) >= 11 is 0. The number of rotatable bonds is 6. The topological polar surface area (TPSA) is 50.8 Å². The van der Waals surface area contributed by atoms with E-state index < -0.39 is 0 Å². The average Bonchev–Trinajstić information content (AvgIpc) is 2.53. The molecule has 1 N–H and O–H groups in total. The van der Waals surface area contributed by atoms with Gasteiger partial charge in [0.05, 0.1) is 13.2 Å². The van der Waals surface area contributed by atoms with E-state index in [1.54, 1.807) is 0 Å². The van der Waals surface area contributed by atoms with Gasteiger partial charge in [0.15, 0.2) is 0 Å². The number of carbonyl (C=O) groups is 1. The molecule has 5 heteroatoms. The zero-order valence-electron chi connectivity index (χ0n) is 12.6. The fourth-order valence-corrected chi connectivity index (χ4v) is 2.36. The first-order chi connectivity index (χ1) is 10.3. The van der Waals surface area contributed by atoms with Crippen LogP contribution in [0.2, 0.25) is 0 Å². The maximum atomic E-state index is 11.9. The van der Waals surface area contributed by atoms with Gasteiger partial charge in [0.2, 0.25) is 0 Å². The smallest absolute Gasteiger partial charge is 0.317 e. The zero-order chi connectivity index (χ0) is 14.9. The molecule has 2 rings (SSSR count). The molecule has 116 valence electrons. The van der Waals surface area contributed by atoms with Crippen molar-refractivity contribution in [3.05, 3.63) is 24.3 Å². The summed E-state index contributed by atoms with van der Waals surface area (Å²) in [5.74, 6) is 1.56. The van der Waals surface area contributed by atoms with Crippen LogP contribution in [0.4, 0.5) is 4.79 Å². The van der Waals surface area contributed by atoms with Crippen molar-refractivity contribution in [3.63, 3.8) is 0 Å². The maximum absolute atomic E-state index is 11.9. The second-order valence-electron chi connectivity index (χ2n) is 5.04. The van der Waals surface area contributed by atoms with E-state index in [2.05, 4.69) is 5.32 Å². The van der Waals surface area contributed by atoms with E-state index in [9.17, 15) is 4.79 Å². The number of amides is 2. The van der Waals surface area contributed by atoms with Crippen molar-refractivity contribution in [2.75, 3.05) is 32.8 Å². The quantitative estimate of drug-likeness (QED) is 0.820. The van der Waals surface area contributed by atoms with Gasteiger partial charge in [-0.1, -0.05) is 6.07 Å². The van der Waals surface area contributed by atoms with E-state index in [1.807, 2.05) is 36.1 Å². The predicted molar refractivity (Wildman–Crippen MR) is 81.9 cm³/mol. The van der Waals surface area contributed by atoms with E-state index in [0.29, 0.717) is 19.8 Å². The maximum Gasteiger partial charge on any atom is 0.317 e. The highest BCUT2D eigenvalue weighted by Gasteiger charge is 2.15. The van der Waals surface area contributed by atoms with Crippen LogP contribution >= 0.6 is 0 Å². The number of ether oxygens (including phenoxy) is 2. The van der Waals surface area contributed by atoms with Crippen molar-refractivity contribution in [1.29, 1.82) is 0 Å². The van der Waals surface area contributed by atoms with Crippen molar-refractivity contribution in [2.24, 2.45) is 0 Å². The van der Waals surface area contributed by atoms with Gasteiger partial charge in [0, 0.05) is 19.2 Å². The fraction of sp³-hybridized carbons (Fsp3) is 0.562. The van der Waals surface area contributed by atoms with Crippen LogP contribution in [-0.2, 0) is 0 Å². The molecule has 2 amide bonds. The second kappa shape index (κ2) is 8.39. The highest BCUT2D eigenvalue weighted by molar-refractivity contribution is 5.74. The Labute approximate surface area is 126 Å². The van der Waals surface area contributed by atoms with Crippen LogP contribution < -0.4 is 14.8 Å². The van der Waals surface area contributed by atoms with Crippen LogP contribution in [0.1, 0.15) is 26.2 Å². The lowest BCUT2D eigenvalue weighted by Gasteiger charge is -2.26. The summed E-state index contributed by atoms with van der Waals surface area (Å²) in [5, 5.41) is 2.89. The van der Waals surface area contributed by atoms with Gasteiger partial charge in [0.1, 0.15) is 18.1 Å². The molecule has 0 saturated carbocycles. The van der Waals surface area contributed by atoms with Crippen LogP contribution in [0.5, 0.6) is 11.5 Å². The molecule has 0 aromatic heterocycles. The lowest BCUT2D eigenvalue weighted by atomic mass is 10.1. The first kappa shape index (κ1) is 15.5. The molecule has 5 nitrogen and oxygen atoms in total. The summed E-state index contributed by atoms with van der Waals surface area (Å²) in [6.07, 6.45) is 3.44. The molecule has 21 heavy (non-hydrogen) atoms. The van der Waals surface area contributed by atoms with Gasteiger partial charge in [-0.3, -0.25) is 0 Å². The third-order valence-corrected chi connectivity index (χ3v) is 3.41. The van der Waals surface area contributed by atoms with E-state index in [0.717, 1.165) is 37.4 Å². The van der Waals surface area contributed by atoms with Gasteiger partial charge in [-0.25, -0.2) is 4.79 Å². The van der Waals surface area contributed by atoms with Crippen molar-refractivity contribution in [1.82, 2.24) is 10.2 Å². The molecule has 1 aromatic carbocycles. The lowest BCUT2D eigenvalue weighted by molar-refractivity contribution is 0.183. The van der Waals surface area contributed by atoms with Gasteiger partial charge in [-0.15, -0.1) is 0 Å². The summed E-state index contributed by atoms with van der Waals surface area (Å²) in [5.41, 5.74) is 0. The van der Waals surface area contributed by atoms with Gasteiger partial charge in [0.25, 0.3) is 0 Å². The Morgan fingerprint density at radius 1 is 1.19 bits per heavy atom. The molecule has 1 fully saturated rings. The Morgan fingerprint density at radius 2 is 1.90 bits per heavy atom. The van der Waals surface area contributed by atoms with Gasteiger partial charge in [-0.2, -0.15) is 0 Å². The van der Waals surface area contributed by atoms with E-state index in [1.165, 1.54) is 6.42 Å². The number of carbonyl (C=O) groups excluding carboxylic acids is 1. The first-order valence-corrected chi connectivity index (χ1v) is 7.68. The molecule has 1 saturated heterocycles. The molecule has 0 aliphatic carbocycles. The molecule has 1 aliphatic heterocycles.